The van der Waals surface area contributed by atoms with Crippen molar-refractivity contribution in [3.8, 4) is 0 Å². The van der Waals surface area contributed by atoms with Gasteiger partial charge in [-0.2, -0.15) is 0 Å². The van der Waals surface area contributed by atoms with Gasteiger partial charge in [0, 0.05) is 18.9 Å². The van der Waals surface area contributed by atoms with Crippen LogP contribution in [-0.4, -0.2) is 53.0 Å². The zero-order chi connectivity index (χ0) is 21.0. The van der Waals surface area contributed by atoms with Crippen molar-refractivity contribution < 1.29 is 24.5 Å². The molecule has 29 heavy (non-hydrogen) atoms. The second-order valence-corrected chi connectivity index (χ2v) is 11.6. The average Bonchev–Trinajstić information content (AvgIpc) is 3.00. The van der Waals surface area contributed by atoms with E-state index in [2.05, 4.69) is 22.9 Å². The first-order chi connectivity index (χ1) is 13.8. The number of aliphatic hydroxyl groups is 2. The highest BCUT2D eigenvalue weighted by molar-refractivity contribution is 9.09. The lowest BCUT2D eigenvalue weighted by Crippen LogP contribution is -2.60. The predicted molar refractivity (Wildman–Crippen MR) is 114 cm³/mol. The Kier molecular flexibility index (Phi) is 6.13. The van der Waals surface area contributed by atoms with Crippen LogP contribution >= 0.6 is 15.9 Å². The molecular formula is C23H37BrO5. The molecule has 4 unspecified atom stereocenters. The van der Waals surface area contributed by atoms with E-state index in [1.807, 2.05) is 6.92 Å². The second-order valence-electron chi connectivity index (χ2n) is 10.4. The summed E-state index contributed by atoms with van der Waals surface area (Å²) in [4.78, 5) is 12.1. The molecule has 10 atom stereocenters. The quantitative estimate of drug-likeness (QED) is 0.481. The van der Waals surface area contributed by atoms with Crippen molar-refractivity contribution in [1.82, 2.24) is 0 Å². The third-order valence-electron chi connectivity index (χ3n) is 9.44. The van der Waals surface area contributed by atoms with Crippen molar-refractivity contribution in [2.24, 2.45) is 34.5 Å². The Hall–Kier alpha value is -0.170. The number of carbonyl (C=O) groups excluding carboxylic acids is 1. The van der Waals surface area contributed by atoms with Gasteiger partial charge in [-0.25, -0.2) is 0 Å². The van der Waals surface area contributed by atoms with E-state index in [0.29, 0.717) is 24.4 Å². The molecule has 0 heterocycles. The highest BCUT2D eigenvalue weighted by Crippen LogP contribution is 2.67. The van der Waals surface area contributed by atoms with Gasteiger partial charge in [-0.15, -0.1) is 0 Å². The number of ether oxygens (including phenoxy) is 2. The van der Waals surface area contributed by atoms with Crippen LogP contribution in [0, 0.1) is 34.5 Å². The Labute approximate surface area is 183 Å². The molecule has 4 aliphatic rings. The van der Waals surface area contributed by atoms with Crippen LogP contribution in [0.3, 0.4) is 0 Å². The van der Waals surface area contributed by atoms with Crippen molar-refractivity contribution in [3.63, 3.8) is 0 Å². The van der Waals surface area contributed by atoms with Gasteiger partial charge in [-0.05, 0) is 74.0 Å². The maximum Gasteiger partial charge on any atom is 0.305 e. The number of esters is 1. The molecule has 4 saturated carbocycles. The number of carbonyl (C=O) groups is 1. The molecular weight excluding hydrogens is 436 g/mol. The van der Waals surface area contributed by atoms with Crippen molar-refractivity contribution in [1.29, 1.82) is 0 Å². The molecule has 0 radical (unpaired) electrons. The molecule has 4 rings (SSSR count). The standard InChI is InChI=1S/C23H37BrO5/c1-4-19(27)29-21-17(24)11-16-20-15(6-8-23(16,21)12-25)22(2)7-5-14(28-3)9-13(22)10-18(20)26/h13-18,20-21,25-26H,4-12H2,1-3H3/t13?,14-,15?,16?,17+,18-,20?,21-,22-,23+/m0/s1. The lowest BCUT2D eigenvalue weighted by atomic mass is 9.44. The third kappa shape index (κ3) is 3.32. The van der Waals surface area contributed by atoms with Crippen LogP contribution in [0.4, 0.5) is 0 Å². The summed E-state index contributed by atoms with van der Waals surface area (Å²) in [6.07, 6.45) is 6.80. The maximum atomic E-state index is 12.1. The molecule has 166 valence electrons. The zero-order valence-corrected chi connectivity index (χ0v) is 19.6. The number of halogens is 1. The summed E-state index contributed by atoms with van der Waals surface area (Å²) >= 11 is 3.78. The number of rotatable bonds is 4. The molecule has 0 bridgehead atoms. The van der Waals surface area contributed by atoms with E-state index in [9.17, 15) is 15.0 Å². The van der Waals surface area contributed by atoms with E-state index in [1.54, 1.807) is 7.11 Å². The summed E-state index contributed by atoms with van der Waals surface area (Å²) in [7, 11) is 1.80. The Balaban J connectivity index is 1.64. The van der Waals surface area contributed by atoms with E-state index >= 15 is 0 Å². The number of alkyl halides is 1. The van der Waals surface area contributed by atoms with Gasteiger partial charge in [-0.3, -0.25) is 4.79 Å². The van der Waals surface area contributed by atoms with Gasteiger partial charge < -0.3 is 19.7 Å². The van der Waals surface area contributed by atoms with E-state index in [4.69, 9.17) is 9.47 Å². The number of fused-ring (bicyclic) bond motifs is 5. The summed E-state index contributed by atoms with van der Waals surface area (Å²) in [5.41, 5.74) is -0.214. The predicted octanol–water partition coefficient (Wildman–Crippen LogP) is 3.68. The average molecular weight is 473 g/mol. The molecule has 4 fully saturated rings. The normalized spacial score (nSPS) is 51.7. The van der Waals surface area contributed by atoms with Crippen molar-refractivity contribution >= 4 is 21.9 Å². The third-order valence-corrected chi connectivity index (χ3v) is 10.3. The molecule has 0 aromatic carbocycles. The monoisotopic (exact) mass is 472 g/mol. The van der Waals surface area contributed by atoms with Gasteiger partial charge >= 0.3 is 5.97 Å². The van der Waals surface area contributed by atoms with Crippen LogP contribution in [0.5, 0.6) is 0 Å². The highest BCUT2D eigenvalue weighted by atomic mass is 79.9. The van der Waals surface area contributed by atoms with Crippen LogP contribution in [0.1, 0.15) is 65.2 Å². The van der Waals surface area contributed by atoms with Crippen molar-refractivity contribution in [2.45, 2.75) is 88.4 Å². The van der Waals surface area contributed by atoms with Crippen molar-refractivity contribution in [3.05, 3.63) is 0 Å². The number of aliphatic hydroxyl groups excluding tert-OH is 2. The van der Waals surface area contributed by atoms with E-state index in [-0.39, 0.29) is 46.9 Å². The van der Waals surface area contributed by atoms with Crippen molar-refractivity contribution in [2.75, 3.05) is 13.7 Å². The second kappa shape index (κ2) is 8.07. The van der Waals surface area contributed by atoms with Gasteiger partial charge in [0.2, 0.25) is 0 Å². The summed E-state index contributed by atoms with van der Waals surface area (Å²) in [6.45, 7) is 4.26. The fourth-order valence-electron chi connectivity index (χ4n) is 7.84. The van der Waals surface area contributed by atoms with Crippen LogP contribution in [0.2, 0.25) is 0 Å². The number of hydrogen-bond donors (Lipinski definition) is 2. The molecule has 4 aliphatic carbocycles. The largest absolute Gasteiger partial charge is 0.460 e. The molecule has 6 heteroatoms. The summed E-state index contributed by atoms with van der Waals surface area (Å²) < 4.78 is 11.5. The first-order valence-electron chi connectivity index (χ1n) is 11.5. The molecule has 2 N–H and O–H groups in total. The van der Waals surface area contributed by atoms with Gasteiger partial charge in [0.1, 0.15) is 6.10 Å². The number of hydrogen-bond acceptors (Lipinski definition) is 5. The van der Waals surface area contributed by atoms with Gasteiger partial charge in [-0.1, -0.05) is 29.8 Å². The summed E-state index contributed by atoms with van der Waals surface area (Å²) in [6, 6.07) is 0. The zero-order valence-electron chi connectivity index (χ0n) is 18.0. The smallest absolute Gasteiger partial charge is 0.305 e. The molecule has 0 aliphatic heterocycles. The molecule has 0 amide bonds. The molecule has 5 nitrogen and oxygen atoms in total. The van der Waals surface area contributed by atoms with E-state index < -0.39 is 5.41 Å². The fourth-order valence-corrected chi connectivity index (χ4v) is 8.88. The molecule has 0 aromatic heterocycles. The first-order valence-corrected chi connectivity index (χ1v) is 12.4. The topological polar surface area (TPSA) is 76.0 Å². The minimum absolute atomic E-state index is 0.0171. The van der Waals surface area contributed by atoms with Crippen LogP contribution in [-0.2, 0) is 14.3 Å². The van der Waals surface area contributed by atoms with Gasteiger partial charge in [0.15, 0.2) is 0 Å². The Morgan fingerprint density at radius 1 is 1.17 bits per heavy atom. The first kappa shape index (κ1) is 22.0. The maximum absolute atomic E-state index is 12.1. The molecule has 0 aromatic rings. The lowest BCUT2D eigenvalue weighted by molar-refractivity contribution is -0.195. The molecule has 0 spiro atoms. The lowest BCUT2D eigenvalue weighted by Gasteiger charge is -2.62. The Bertz CT molecular complexity index is 628. The minimum Gasteiger partial charge on any atom is -0.460 e. The van der Waals surface area contributed by atoms with Crippen LogP contribution < -0.4 is 0 Å². The minimum atomic E-state index is -0.436. The van der Waals surface area contributed by atoms with Crippen LogP contribution in [0.15, 0.2) is 0 Å². The highest BCUT2D eigenvalue weighted by Gasteiger charge is 2.66. The number of methoxy groups -OCH3 is 1. The summed E-state index contributed by atoms with van der Waals surface area (Å²) in [5.74, 6) is 1.09. The van der Waals surface area contributed by atoms with Gasteiger partial charge in [0.05, 0.1) is 23.6 Å². The van der Waals surface area contributed by atoms with E-state index in [0.717, 1.165) is 44.9 Å². The summed E-state index contributed by atoms with van der Waals surface area (Å²) in [5, 5.41) is 21.9. The fraction of sp³-hybridized carbons (Fsp3) is 0.957. The Morgan fingerprint density at radius 3 is 2.59 bits per heavy atom. The SMILES string of the molecule is CCC(=O)O[C@H]1[C@H](Br)CC2C3C(CC[C@@]21CO)[C@@]1(C)CC[C@H](OC)CC1C[C@@H]3O. The van der Waals surface area contributed by atoms with Gasteiger partial charge in [0.25, 0.3) is 0 Å². The van der Waals surface area contributed by atoms with E-state index in [1.165, 1.54) is 0 Å². The Morgan fingerprint density at radius 2 is 1.93 bits per heavy atom. The van der Waals surface area contributed by atoms with Crippen LogP contribution in [0.25, 0.3) is 0 Å². The molecule has 0 saturated heterocycles.